The van der Waals surface area contributed by atoms with E-state index in [0.717, 1.165) is 0 Å². The van der Waals surface area contributed by atoms with E-state index in [-0.39, 0.29) is 0 Å². The standard InChI is InChI=1S/C9H10S/c1-2-8-5-3-4-6-9(8)7-10/h2-7,10H,1H3/b8-2-,9-7-. The summed E-state index contributed by atoms with van der Waals surface area (Å²) in [6, 6.07) is 8.15. The van der Waals surface area contributed by atoms with Gasteiger partial charge in [0.2, 0.25) is 0 Å². The average molecular weight is 150 g/mol. The Hall–Kier alpha value is -0.690. The van der Waals surface area contributed by atoms with E-state index >= 15 is 0 Å². The van der Waals surface area contributed by atoms with Crippen molar-refractivity contribution in [2.24, 2.45) is 0 Å². The topological polar surface area (TPSA) is 0 Å². The highest BCUT2D eigenvalue weighted by molar-refractivity contribution is 7.88. The van der Waals surface area contributed by atoms with E-state index < -0.39 is 0 Å². The molecule has 1 heteroatoms. The summed E-state index contributed by atoms with van der Waals surface area (Å²) in [5.74, 6) is 0. The molecule has 0 aliphatic heterocycles. The molecule has 0 aromatic heterocycles. The second kappa shape index (κ2) is 3.47. The Morgan fingerprint density at radius 2 is 1.80 bits per heavy atom. The van der Waals surface area contributed by atoms with Crippen LogP contribution >= 0.6 is 12.6 Å². The summed E-state index contributed by atoms with van der Waals surface area (Å²) in [5, 5.41) is 4.22. The Morgan fingerprint density at radius 3 is 2.20 bits per heavy atom. The van der Waals surface area contributed by atoms with E-state index in [4.69, 9.17) is 0 Å². The van der Waals surface area contributed by atoms with Gasteiger partial charge in [-0.25, -0.2) is 0 Å². The van der Waals surface area contributed by atoms with Gasteiger partial charge in [0, 0.05) is 0 Å². The molecule has 0 radical (unpaired) electrons. The highest BCUT2D eigenvalue weighted by atomic mass is 32.1. The highest BCUT2D eigenvalue weighted by Gasteiger charge is 1.77. The SMILES string of the molecule is C/C=c1/cccc/c1=C/S. The molecule has 0 nitrogen and oxygen atoms in total. The van der Waals surface area contributed by atoms with Crippen LogP contribution in [0.15, 0.2) is 24.3 Å². The van der Waals surface area contributed by atoms with Crippen LogP contribution in [-0.4, -0.2) is 0 Å². The van der Waals surface area contributed by atoms with E-state index in [0.29, 0.717) is 0 Å². The van der Waals surface area contributed by atoms with Crippen LogP contribution in [0.2, 0.25) is 0 Å². The predicted octanol–water partition coefficient (Wildman–Crippen LogP) is 1.15. The first-order valence-corrected chi connectivity index (χ1v) is 3.76. The molecule has 10 heavy (non-hydrogen) atoms. The van der Waals surface area contributed by atoms with Gasteiger partial charge in [0.15, 0.2) is 0 Å². The smallest absolute Gasteiger partial charge is 0.0127 e. The molecule has 0 N–H and O–H groups in total. The first kappa shape index (κ1) is 7.42. The number of hydrogen-bond donors (Lipinski definition) is 1. The number of hydrogen-bond acceptors (Lipinski definition) is 1. The van der Waals surface area contributed by atoms with Gasteiger partial charge in [-0.15, -0.1) is 0 Å². The average Bonchev–Trinajstić information content (AvgIpc) is 2.04. The van der Waals surface area contributed by atoms with Crippen molar-refractivity contribution in [2.45, 2.75) is 6.92 Å². The zero-order valence-electron chi connectivity index (χ0n) is 5.91. The summed E-state index contributed by atoms with van der Waals surface area (Å²) in [7, 11) is 0. The molecule has 0 amide bonds. The van der Waals surface area contributed by atoms with E-state index in [2.05, 4.69) is 24.8 Å². The van der Waals surface area contributed by atoms with Crippen LogP contribution < -0.4 is 10.4 Å². The zero-order chi connectivity index (χ0) is 7.40. The van der Waals surface area contributed by atoms with Crippen LogP contribution in [0.3, 0.4) is 0 Å². The molecule has 0 saturated heterocycles. The fourth-order valence-electron chi connectivity index (χ4n) is 0.891. The van der Waals surface area contributed by atoms with E-state index in [1.54, 1.807) is 0 Å². The minimum Gasteiger partial charge on any atom is -0.151 e. The third-order valence-corrected chi connectivity index (χ3v) is 1.72. The van der Waals surface area contributed by atoms with Crippen molar-refractivity contribution in [1.29, 1.82) is 0 Å². The fraction of sp³-hybridized carbons (Fsp3) is 0.111. The van der Waals surface area contributed by atoms with Crippen molar-refractivity contribution in [1.82, 2.24) is 0 Å². The van der Waals surface area contributed by atoms with Crippen molar-refractivity contribution >= 4 is 24.1 Å². The maximum absolute atomic E-state index is 4.09. The molecule has 1 rings (SSSR count). The number of benzene rings is 1. The fourth-order valence-corrected chi connectivity index (χ4v) is 1.13. The first-order valence-electron chi connectivity index (χ1n) is 3.24. The summed E-state index contributed by atoms with van der Waals surface area (Å²) >= 11 is 4.09. The van der Waals surface area contributed by atoms with Crippen molar-refractivity contribution in [3.05, 3.63) is 34.7 Å². The summed E-state index contributed by atoms with van der Waals surface area (Å²) in [4.78, 5) is 0. The zero-order valence-corrected chi connectivity index (χ0v) is 6.81. The van der Waals surface area contributed by atoms with Gasteiger partial charge >= 0.3 is 0 Å². The summed E-state index contributed by atoms with van der Waals surface area (Å²) in [6.07, 6.45) is 2.07. The monoisotopic (exact) mass is 150 g/mol. The molecular weight excluding hydrogens is 140 g/mol. The summed E-state index contributed by atoms with van der Waals surface area (Å²) in [6.45, 7) is 2.02. The minimum absolute atomic E-state index is 1.17. The third kappa shape index (κ3) is 1.42. The molecule has 0 unspecified atom stereocenters. The van der Waals surface area contributed by atoms with Crippen molar-refractivity contribution in [3.8, 4) is 0 Å². The van der Waals surface area contributed by atoms with Crippen LogP contribution in [0, 0.1) is 0 Å². The largest absolute Gasteiger partial charge is 0.151 e. The molecule has 0 aliphatic rings. The van der Waals surface area contributed by atoms with E-state index in [1.165, 1.54) is 10.4 Å². The van der Waals surface area contributed by atoms with Gasteiger partial charge in [-0.2, -0.15) is 12.6 Å². The minimum atomic E-state index is 1.17. The molecule has 0 heterocycles. The van der Waals surface area contributed by atoms with Gasteiger partial charge in [-0.05, 0) is 22.8 Å². The van der Waals surface area contributed by atoms with Crippen molar-refractivity contribution in [3.63, 3.8) is 0 Å². The summed E-state index contributed by atoms with van der Waals surface area (Å²) in [5.41, 5.74) is 0. The van der Waals surface area contributed by atoms with E-state index in [9.17, 15) is 0 Å². The lowest BCUT2D eigenvalue weighted by atomic mass is 10.2. The van der Waals surface area contributed by atoms with Gasteiger partial charge in [-0.3, -0.25) is 0 Å². The Labute approximate surface area is 66.3 Å². The van der Waals surface area contributed by atoms with Gasteiger partial charge in [0.05, 0.1) is 0 Å². The molecule has 52 valence electrons. The van der Waals surface area contributed by atoms with Gasteiger partial charge in [0.1, 0.15) is 0 Å². The highest BCUT2D eigenvalue weighted by Crippen LogP contribution is 1.74. The number of rotatable bonds is 0. The van der Waals surface area contributed by atoms with Gasteiger partial charge < -0.3 is 0 Å². The van der Waals surface area contributed by atoms with Crippen LogP contribution in [0.5, 0.6) is 0 Å². The van der Waals surface area contributed by atoms with Crippen molar-refractivity contribution < 1.29 is 0 Å². The van der Waals surface area contributed by atoms with Crippen LogP contribution in [0.1, 0.15) is 6.92 Å². The maximum Gasteiger partial charge on any atom is -0.0127 e. The van der Waals surface area contributed by atoms with Gasteiger partial charge in [0.25, 0.3) is 0 Å². The Balaban J connectivity index is 3.53. The molecule has 0 saturated carbocycles. The molecule has 0 spiro atoms. The molecule has 1 aromatic carbocycles. The Bertz CT molecular complexity index is 279. The normalized spacial score (nSPS) is 14.2. The molecular formula is C9H10S. The third-order valence-electron chi connectivity index (χ3n) is 1.45. The number of thiol groups is 1. The summed E-state index contributed by atoms with van der Waals surface area (Å²) < 4.78 is 0. The van der Waals surface area contributed by atoms with Gasteiger partial charge in [-0.1, -0.05) is 30.3 Å². The van der Waals surface area contributed by atoms with E-state index in [1.807, 2.05) is 30.5 Å². The van der Waals surface area contributed by atoms with Crippen LogP contribution in [0.4, 0.5) is 0 Å². The Kier molecular flexibility index (Phi) is 2.57. The quantitative estimate of drug-likeness (QED) is 0.527. The van der Waals surface area contributed by atoms with Crippen LogP contribution in [0.25, 0.3) is 11.5 Å². The van der Waals surface area contributed by atoms with Crippen LogP contribution in [-0.2, 0) is 0 Å². The van der Waals surface area contributed by atoms with Crippen molar-refractivity contribution in [2.75, 3.05) is 0 Å². The lowest BCUT2D eigenvalue weighted by Gasteiger charge is -1.85. The predicted molar refractivity (Wildman–Crippen MR) is 49.3 cm³/mol. The Morgan fingerprint density at radius 1 is 1.20 bits per heavy atom. The second-order valence-corrected chi connectivity index (χ2v) is 2.30. The lowest BCUT2D eigenvalue weighted by molar-refractivity contribution is 1.52. The molecule has 0 fully saturated rings. The maximum atomic E-state index is 4.09. The second-order valence-electron chi connectivity index (χ2n) is 2.05. The molecule has 1 aromatic rings. The molecule has 0 bridgehead atoms. The molecule has 0 aliphatic carbocycles. The lowest BCUT2D eigenvalue weighted by Crippen LogP contribution is -2.22. The first-order chi connectivity index (χ1) is 4.88. The molecule has 0 atom stereocenters.